The number of ether oxygens (including phenoxy) is 2. The van der Waals surface area contributed by atoms with E-state index in [9.17, 15) is 15.0 Å². The first-order valence-electron chi connectivity index (χ1n) is 12.5. The van der Waals surface area contributed by atoms with Crippen molar-refractivity contribution in [1.29, 1.82) is 0 Å². The summed E-state index contributed by atoms with van der Waals surface area (Å²) in [6, 6.07) is 0. The summed E-state index contributed by atoms with van der Waals surface area (Å²) in [5.74, 6) is -0.450. The SMILES string of the molecule is CCCCCC(O)C=CC1CC(OC2CCCCO2)C(O)C1CCCCCCC(=O)O. The van der Waals surface area contributed by atoms with Gasteiger partial charge in [0, 0.05) is 13.0 Å². The number of hydrogen-bond donors (Lipinski definition) is 3. The zero-order valence-corrected chi connectivity index (χ0v) is 19.3. The van der Waals surface area contributed by atoms with E-state index in [1.54, 1.807) is 0 Å². The van der Waals surface area contributed by atoms with Gasteiger partial charge in [0.05, 0.1) is 18.3 Å². The Morgan fingerprint density at radius 1 is 1.16 bits per heavy atom. The normalized spacial score (nSPS) is 30.1. The van der Waals surface area contributed by atoms with E-state index in [-0.39, 0.29) is 30.7 Å². The minimum Gasteiger partial charge on any atom is -0.481 e. The van der Waals surface area contributed by atoms with Gasteiger partial charge in [0.15, 0.2) is 6.29 Å². The topological polar surface area (TPSA) is 96.2 Å². The molecule has 2 fully saturated rings. The maximum atomic E-state index is 11.0. The summed E-state index contributed by atoms with van der Waals surface area (Å²) >= 11 is 0. The lowest BCUT2D eigenvalue weighted by Crippen LogP contribution is -2.34. The van der Waals surface area contributed by atoms with Crippen LogP contribution in [-0.2, 0) is 14.3 Å². The molecule has 6 unspecified atom stereocenters. The highest BCUT2D eigenvalue weighted by Gasteiger charge is 2.42. The van der Waals surface area contributed by atoms with Crippen LogP contribution < -0.4 is 0 Å². The molecule has 180 valence electrons. The fourth-order valence-corrected chi connectivity index (χ4v) is 4.85. The van der Waals surface area contributed by atoms with Crippen molar-refractivity contribution in [3.8, 4) is 0 Å². The molecule has 2 rings (SSSR count). The van der Waals surface area contributed by atoms with E-state index in [2.05, 4.69) is 13.0 Å². The molecule has 3 N–H and O–H groups in total. The average molecular weight is 441 g/mol. The molecule has 0 aromatic carbocycles. The zero-order chi connectivity index (χ0) is 22.5. The van der Waals surface area contributed by atoms with Gasteiger partial charge in [-0.2, -0.15) is 0 Å². The van der Waals surface area contributed by atoms with Crippen LogP contribution in [0.2, 0.25) is 0 Å². The van der Waals surface area contributed by atoms with Gasteiger partial charge in [0.2, 0.25) is 0 Å². The van der Waals surface area contributed by atoms with Crippen LogP contribution in [-0.4, -0.2) is 52.5 Å². The Kier molecular flexibility index (Phi) is 12.7. The standard InChI is InChI=1S/C25H44O6/c1-2-3-6-11-20(26)16-15-19-18-22(31-24-14-9-10-17-30-24)25(29)21(19)12-7-4-5-8-13-23(27)28/h15-16,19-22,24-26,29H,2-14,17-18H2,1H3,(H,27,28). The molecule has 6 nitrogen and oxygen atoms in total. The first-order valence-corrected chi connectivity index (χ1v) is 12.5. The molecule has 0 aromatic heterocycles. The number of rotatable bonds is 15. The number of allylic oxidation sites excluding steroid dienone is 1. The van der Waals surface area contributed by atoms with E-state index < -0.39 is 18.2 Å². The van der Waals surface area contributed by atoms with Crippen molar-refractivity contribution in [2.75, 3.05) is 6.61 Å². The Morgan fingerprint density at radius 3 is 2.68 bits per heavy atom. The van der Waals surface area contributed by atoms with Crippen molar-refractivity contribution >= 4 is 5.97 Å². The van der Waals surface area contributed by atoms with Gasteiger partial charge >= 0.3 is 5.97 Å². The summed E-state index contributed by atoms with van der Waals surface area (Å²) in [7, 11) is 0. The highest BCUT2D eigenvalue weighted by Crippen LogP contribution is 2.39. The van der Waals surface area contributed by atoms with Crippen LogP contribution in [0.5, 0.6) is 0 Å². The molecular formula is C25H44O6. The van der Waals surface area contributed by atoms with Crippen LogP contribution in [0.4, 0.5) is 0 Å². The van der Waals surface area contributed by atoms with E-state index in [1.165, 1.54) is 0 Å². The summed E-state index contributed by atoms with van der Waals surface area (Å²) in [4.78, 5) is 10.7. The lowest BCUT2D eigenvalue weighted by atomic mass is 9.88. The van der Waals surface area contributed by atoms with Crippen molar-refractivity contribution in [2.45, 2.75) is 121 Å². The van der Waals surface area contributed by atoms with Gasteiger partial charge < -0.3 is 24.8 Å². The van der Waals surface area contributed by atoms with Gasteiger partial charge in [-0.25, -0.2) is 0 Å². The van der Waals surface area contributed by atoms with Crippen LogP contribution in [0.25, 0.3) is 0 Å². The smallest absolute Gasteiger partial charge is 0.303 e. The van der Waals surface area contributed by atoms with E-state index >= 15 is 0 Å². The molecule has 1 saturated carbocycles. The fraction of sp³-hybridized carbons (Fsp3) is 0.880. The Bertz CT molecular complexity index is 516. The van der Waals surface area contributed by atoms with Gasteiger partial charge in [-0.15, -0.1) is 0 Å². The second-order valence-electron chi connectivity index (χ2n) is 9.32. The number of carboxylic acids is 1. The molecule has 1 saturated heterocycles. The van der Waals surface area contributed by atoms with Gasteiger partial charge in [0.1, 0.15) is 0 Å². The van der Waals surface area contributed by atoms with Crippen molar-refractivity contribution in [2.24, 2.45) is 11.8 Å². The van der Waals surface area contributed by atoms with Crippen molar-refractivity contribution in [1.82, 2.24) is 0 Å². The van der Waals surface area contributed by atoms with Gasteiger partial charge in [-0.1, -0.05) is 57.6 Å². The maximum absolute atomic E-state index is 11.0. The highest BCUT2D eigenvalue weighted by molar-refractivity contribution is 5.66. The van der Waals surface area contributed by atoms with E-state index in [4.69, 9.17) is 14.6 Å². The van der Waals surface area contributed by atoms with Gasteiger partial charge in [-0.3, -0.25) is 4.79 Å². The predicted octanol–water partition coefficient (Wildman–Crippen LogP) is 4.82. The monoisotopic (exact) mass is 440 g/mol. The Morgan fingerprint density at radius 2 is 1.97 bits per heavy atom. The largest absolute Gasteiger partial charge is 0.481 e. The van der Waals surface area contributed by atoms with Crippen molar-refractivity contribution in [3.63, 3.8) is 0 Å². The molecule has 0 aromatic rings. The molecule has 0 radical (unpaired) electrons. The molecule has 0 amide bonds. The van der Waals surface area contributed by atoms with Crippen LogP contribution >= 0.6 is 0 Å². The summed E-state index contributed by atoms with van der Waals surface area (Å²) in [5, 5.41) is 30.1. The summed E-state index contributed by atoms with van der Waals surface area (Å²) in [5.41, 5.74) is 0. The average Bonchev–Trinajstić information content (AvgIpc) is 3.04. The van der Waals surface area contributed by atoms with E-state index in [1.807, 2.05) is 6.08 Å². The van der Waals surface area contributed by atoms with Crippen LogP contribution in [0.15, 0.2) is 12.2 Å². The predicted molar refractivity (Wildman–Crippen MR) is 121 cm³/mol. The lowest BCUT2D eigenvalue weighted by Gasteiger charge is -2.28. The highest BCUT2D eigenvalue weighted by atomic mass is 16.7. The maximum Gasteiger partial charge on any atom is 0.303 e. The summed E-state index contributed by atoms with van der Waals surface area (Å²) in [6.45, 7) is 2.88. The minimum absolute atomic E-state index is 0.104. The number of carbonyl (C=O) groups is 1. The number of aliphatic carboxylic acids is 1. The van der Waals surface area contributed by atoms with Gasteiger partial charge in [0.25, 0.3) is 0 Å². The van der Waals surface area contributed by atoms with E-state index in [0.717, 1.165) is 83.7 Å². The molecule has 1 heterocycles. The van der Waals surface area contributed by atoms with Crippen molar-refractivity contribution < 1.29 is 29.6 Å². The summed E-state index contributed by atoms with van der Waals surface area (Å²) in [6.07, 6.45) is 15.2. The Hall–Kier alpha value is -0.950. The molecule has 1 aliphatic heterocycles. The third-order valence-corrected chi connectivity index (χ3v) is 6.70. The zero-order valence-electron chi connectivity index (χ0n) is 19.3. The summed E-state index contributed by atoms with van der Waals surface area (Å²) < 4.78 is 11.9. The number of carboxylic acid groups (broad SMARTS) is 1. The first-order chi connectivity index (χ1) is 15.0. The number of hydrogen-bond acceptors (Lipinski definition) is 5. The fourth-order valence-electron chi connectivity index (χ4n) is 4.85. The number of aliphatic hydroxyl groups is 2. The Balaban J connectivity index is 1.87. The molecule has 6 atom stereocenters. The second kappa shape index (κ2) is 15.0. The number of unbranched alkanes of at least 4 members (excludes halogenated alkanes) is 5. The molecule has 0 spiro atoms. The van der Waals surface area contributed by atoms with E-state index in [0.29, 0.717) is 6.42 Å². The van der Waals surface area contributed by atoms with Crippen LogP contribution in [0.1, 0.15) is 96.8 Å². The first kappa shape index (κ1) is 26.3. The quantitative estimate of drug-likeness (QED) is 0.250. The minimum atomic E-state index is -0.737. The molecule has 6 heteroatoms. The van der Waals surface area contributed by atoms with Crippen molar-refractivity contribution in [3.05, 3.63) is 12.2 Å². The van der Waals surface area contributed by atoms with Crippen LogP contribution in [0.3, 0.4) is 0 Å². The molecule has 0 bridgehead atoms. The third-order valence-electron chi connectivity index (χ3n) is 6.70. The third kappa shape index (κ3) is 10.0. The molecule has 31 heavy (non-hydrogen) atoms. The van der Waals surface area contributed by atoms with Gasteiger partial charge in [-0.05, 0) is 56.8 Å². The molecule has 1 aliphatic carbocycles. The molecule has 2 aliphatic rings. The second-order valence-corrected chi connectivity index (χ2v) is 9.32. The lowest BCUT2D eigenvalue weighted by molar-refractivity contribution is -0.203. The van der Waals surface area contributed by atoms with Crippen LogP contribution in [0, 0.1) is 11.8 Å². The Labute approximate surface area is 188 Å². The molecular weight excluding hydrogens is 396 g/mol. The number of aliphatic hydroxyl groups excluding tert-OH is 2.